The van der Waals surface area contributed by atoms with Gasteiger partial charge in [0.1, 0.15) is 0 Å². The summed E-state index contributed by atoms with van der Waals surface area (Å²) in [6.45, 7) is 3.80. The highest BCUT2D eigenvalue weighted by molar-refractivity contribution is 4.78. The first-order chi connectivity index (χ1) is 4.91. The maximum Gasteiger partial charge on any atom is 0.0635 e. The molecule has 0 aliphatic heterocycles. The van der Waals surface area contributed by atoms with E-state index in [1.54, 1.807) is 0 Å². The number of nitriles is 1. The van der Waals surface area contributed by atoms with Crippen molar-refractivity contribution < 1.29 is 0 Å². The Balaban J connectivity index is 2.85. The highest BCUT2D eigenvalue weighted by Crippen LogP contribution is 1.79. The molecule has 0 aromatic carbocycles. The average molecular weight is 138 g/mol. The Bertz CT molecular complexity index is 122. The van der Waals surface area contributed by atoms with E-state index in [0.717, 1.165) is 19.5 Å². The Hall–Kier alpha value is -0.810. The second kappa shape index (κ2) is 8.19. The second-order valence-electron chi connectivity index (χ2n) is 2.02. The molecule has 10 heavy (non-hydrogen) atoms. The van der Waals surface area contributed by atoms with Crippen LogP contribution in [0.4, 0.5) is 0 Å². The first-order valence-corrected chi connectivity index (χ1v) is 3.60. The summed E-state index contributed by atoms with van der Waals surface area (Å²) in [5.41, 5.74) is 0. The maximum absolute atomic E-state index is 8.16. The molecule has 0 aromatic rings. The molecule has 0 aliphatic carbocycles. The van der Waals surface area contributed by atoms with E-state index in [1.165, 1.54) is 0 Å². The first kappa shape index (κ1) is 9.19. The molecule has 2 heteroatoms. The summed E-state index contributed by atoms with van der Waals surface area (Å²) >= 11 is 0. The fourth-order valence-electron chi connectivity index (χ4n) is 0.621. The van der Waals surface area contributed by atoms with E-state index < -0.39 is 0 Å². The predicted octanol–water partition coefficient (Wildman–Crippen LogP) is 1.46. The Morgan fingerprint density at radius 2 is 2.30 bits per heavy atom. The third-order valence-corrected chi connectivity index (χ3v) is 1.14. The van der Waals surface area contributed by atoms with E-state index in [1.807, 2.05) is 13.0 Å². The molecule has 0 unspecified atom stereocenters. The van der Waals surface area contributed by atoms with Crippen molar-refractivity contribution in [3.05, 3.63) is 12.2 Å². The molecule has 56 valence electrons. The smallest absolute Gasteiger partial charge is 0.0635 e. The molecule has 0 radical (unpaired) electrons. The van der Waals surface area contributed by atoms with Crippen LogP contribution in [0.25, 0.3) is 0 Å². The quantitative estimate of drug-likeness (QED) is 0.461. The number of allylic oxidation sites excluding steroid dienone is 1. The lowest BCUT2D eigenvalue weighted by Crippen LogP contribution is -2.15. The molecule has 0 aromatic heterocycles. The summed E-state index contributed by atoms with van der Waals surface area (Å²) in [5, 5.41) is 11.3. The Kier molecular flexibility index (Phi) is 7.53. The predicted molar refractivity (Wildman–Crippen MR) is 42.5 cm³/mol. The van der Waals surface area contributed by atoms with E-state index in [0.29, 0.717) is 6.42 Å². The number of hydrogen-bond donors (Lipinski definition) is 1. The van der Waals surface area contributed by atoms with Crippen LogP contribution in [0.3, 0.4) is 0 Å². The molecule has 0 atom stereocenters. The van der Waals surface area contributed by atoms with Crippen molar-refractivity contribution in [1.82, 2.24) is 5.32 Å². The van der Waals surface area contributed by atoms with E-state index in [4.69, 9.17) is 5.26 Å². The third-order valence-electron chi connectivity index (χ3n) is 1.14. The summed E-state index contributed by atoms with van der Waals surface area (Å²) in [7, 11) is 0. The standard InChI is InChI=1S/C8H14N2/c1-2-3-4-7-10-8-5-6-9/h2-3,10H,4-5,7-8H2,1H3/b3-2+. The molecule has 0 rings (SSSR count). The SMILES string of the molecule is C/C=C/CCNCCC#N. The normalized spacial score (nSPS) is 10.0. The number of hydrogen-bond acceptors (Lipinski definition) is 2. The molecule has 0 aliphatic rings. The minimum absolute atomic E-state index is 0.607. The van der Waals surface area contributed by atoms with Crippen LogP contribution in [0.2, 0.25) is 0 Å². The molecule has 0 fully saturated rings. The Labute approximate surface area is 62.5 Å². The van der Waals surface area contributed by atoms with Crippen LogP contribution in [-0.4, -0.2) is 13.1 Å². The maximum atomic E-state index is 8.16. The molecule has 0 spiro atoms. The van der Waals surface area contributed by atoms with Crippen LogP contribution in [0.1, 0.15) is 19.8 Å². The molecule has 0 bridgehead atoms. The van der Waals surface area contributed by atoms with Gasteiger partial charge in [-0.2, -0.15) is 5.26 Å². The summed E-state index contributed by atoms with van der Waals surface area (Å²) in [6, 6.07) is 2.08. The summed E-state index contributed by atoms with van der Waals surface area (Å²) < 4.78 is 0. The molecule has 0 saturated carbocycles. The zero-order valence-electron chi connectivity index (χ0n) is 6.43. The summed E-state index contributed by atoms with van der Waals surface area (Å²) in [5.74, 6) is 0. The van der Waals surface area contributed by atoms with Crippen molar-refractivity contribution in [1.29, 1.82) is 5.26 Å². The van der Waals surface area contributed by atoms with Gasteiger partial charge in [0.25, 0.3) is 0 Å². The zero-order valence-corrected chi connectivity index (χ0v) is 6.43. The fourth-order valence-corrected chi connectivity index (χ4v) is 0.621. The van der Waals surface area contributed by atoms with Gasteiger partial charge in [0, 0.05) is 13.0 Å². The molecule has 0 heterocycles. The van der Waals surface area contributed by atoms with Crippen LogP contribution in [-0.2, 0) is 0 Å². The Morgan fingerprint density at radius 3 is 2.90 bits per heavy atom. The Morgan fingerprint density at radius 1 is 1.50 bits per heavy atom. The number of rotatable bonds is 5. The van der Waals surface area contributed by atoms with Crippen LogP contribution >= 0.6 is 0 Å². The van der Waals surface area contributed by atoms with Crippen molar-refractivity contribution in [2.24, 2.45) is 0 Å². The highest BCUT2D eigenvalue weighted by Gasteiger charge is 1.82. The van der Waals surface area contributed by atoms with Gasteiger partial charge >= 0.3 is 0 Å². The minimum atomic E-state index is 0.607. The first-order valence-electron chi connectivity index (χ1n) is 3.60. The van der Waals surface area contributed by atoms with Gasteiger partial charge in [0.05, 0.1) is 6.07 Å². The van der Waals surface area contributed by atoms with Crippen molar-refractivity contribution >= 4 is 0 Å². The van der Waals surface area contributed by atoms with Gasteiger partial charge < -0.3 is 5.32 Å². The zero-order chi connectivity index (χ0) is 7.66. The van der Waals surface area contributed by atoms with Crippen LogP contribution in [0.15, 0.2) is 12.2 Å². The monoisotopic (exact) mass is 138 g/mol. The van der Waals surface area contributed by atoms with Gasteiger partial charge in [-0.1, -0.05) is 12.2 Å². The van der Waals surface area contributed by atoms with E-state index in [2.05, 4.69) is 17.5 Å². The summed E-state index contributed by atoms with van der Waals surface area (Å²) in [4.78, 5) is 0. The van der Waals surface area contributed by atoms with E-state index >= 15 is 0 Å². The van der Waals surface area contributed by atoms with Crippen molar-refractivity contribution in [3.8, 4) is 6.07 Å². The largest absolute Gasteiger partial charge is 0.315 e. The van der Waals surface area contributed by atoms with Gasteiger partial charge in [-0.15, -0.1) is 0 Å². The van der Waals surface area contributed by atoms with Crippen LogP contribution in [0, 0.1) is 11.3 Å². The topological polar surface area (TPSA) is 35.8 Å². The molecular weight excluding hydrogens is 124 g/mol. The summed E-state index contributed by atoms with van der Waals surface area (Å²) in [6.07, 6.45) is 5.81. The molecule has 0 saturated heterocycles. The van der Waals surface area contributed by atoms with Crippen molar-refractivity contribution in [2.75, 3.05) is 13.1 Å². The van der Waals surface area contributed by atoms with Crippen LogP contribution in [0.5, 0.6) is 0 Å². The van der Waals surface area contributed by atoms with E-state index in [9.17, 15) is 0 Å². The van der Waals surface area contributed by atoms with Crippen molar-refractivity contribution in [3.63, 3.8) is 0 Å². The van der Waals surface area contributed by atoms with Crippen molar-refractivity contribution in [2.45, 2.75) is 19.8 Å². The minimum Gasteiger partial charge on any atom is -0.315 e. The van der Waals surface area contributed by atoms with Crippen LogP contribution < -0.4 is 5.32 Å². The average Bonchev–Trinajstić information content (AvgIpc) is 1.97. The van der Waals surface area contributed by atoms with Gasteiger partial charge in [-0.05, 0) is 19.9 Å². The molecule has 0 amide bonds. The fraction of sp³-hybridized carbons (Fsp3) is 0.625. The van der Waals surface area contributed by atoms with E-state index in [-0.39, 0.29) is 0 Å². The highest BCUT2D eigenvalue weighted by atomic mass is 14.8. The lowest BCUT2D eigenvalue weighted by Gasteiger charge is -1.96. The second-order valence-corrected chi connectivity index (χ2v) is 2.02. The molecule has 1 N–H and O–H groups in total. The van der Waals surface area contributed by atoms with Gasteiger partial charge in [-0.3, -0.25) is 0 Å². The van der Waals surface area contributed by atoms with Gasteiger partial charge in [0.15, 0.2) is 0 Å². The lowest BCUT2D eigenvalue weighted by molar-refractivity contribution is 0.700. The third kappa shape index (κ3) is 7.19. The lowest BCUT2D eigenvalue weighted by atomic mass is 10.3. The number of nitrogens with zero attached hydrogens (tertiary/aromatic N) is 1. The van der Waals surface area contributed by atoms with Gasteiger partial charge in [-0.25, -0.2) is 0 Å². The molecule has 2 nitrogen and oxygen atoms in total. The van der Waals surface area contributed by atoms with Gasteiger partial charge in [0.2, 0.25) is 0 Å². The number of nitrogens with one attached hydrogen (secondary N) is 1. The molecular formula is C8H14N2.